The highest BCUT2D eigenvalue weighted by molar-refractivity contribution is 5.84. The van der Waals surface area contributed by atoms with Crippen molar-refractivity contribution in [3.05, 3.63) is 72.0 Å². The topological polar surface area (TPSA) is 92.1 Å². The summed E-state index contributed by atoms with van der Waals surface area (Å²) in [5, 5.41) is 13.5. The van der Waals surface area contributed by atoms with Crippen LogP contribution in [0.1, 0.15) is 22.8 Å². The number of hydrogen-bond donors (Lipinski definition) is 0. The van der Waals surface area contributed by atoms with Gasteiger partial charge in [0.15, 0.2) is 0 Å². The molecule has 9 nitrogen and oxygen atoms in total. The average molecular weight is 438 g/mol. The summed E-state index contributed by atoms with van der Waals surface area (Å²) in [5.74, 6) is 0.764. The molecule has 0 unspecified atom stereocenters. The van der Waals surface area contributed by atoms with Gasteiger partial charge in [-0.2, -0.15) is 15.3 Å². The van der Waals surface area contributed by atoms with Gasteiger partial charge in [-0.15, -0.1) is 0 Å². The zero-order valence-corrected chi connectivity index (χ0v) is 18.8. The van der Waals surface area contributed by atoms with E-state index in [1.165, 1.54) is 0 Å². The molecule has 1 aliphatic carbocycles. The summed E-state index contributed by atoms with van der Waals surface area (Å²) in [4.78, 5) is 14.3. The van der Waals surface area contributed by atoms with Gasteiger partial charge in [0, 0.05) is 62.6 Å². The summed E-state index contributed by atoms with van der Waals surface area (Å²) in [5.41, 5.74) is 9.15. The molecule has 9 heteroatoms. The molecule has 5 aromatic rings. The van der Waals surface area contributed by atoms with Gasteiger partial charge in [-0.05, 0) is 36.6 Å². The Morgan fingerprint density at radius 2 is 1.79 bits per heavy atom. The molecule has 6 rings (SSSR count). The first kappa shape index (κ1) is 19.5. The fourth-order valence-electron chi connectivity index (χ4n) is 4.49. The predicted octanol–water partition coefficient (Wildman–Crippen LogP) is 2.76. The molecule has 0 bridgehead atoms. The van der Waals surface area contributed by atoms with Crippen LogP contribution >= 0.6 is 0 Å². The molecule has 5 heterocycles. The second-order valence-electron chi connectivity index (χ2n) is 8.45. The lowest BCUT2D eigenvalue weighted by Crippen LogP contribution is -2.09. The molecule has 0 N–H and O–H groups in total. The van der Waals surface area contributed by atoms with E-state index in [1.54, 1.807) is 9.36 Å². The lowest BCUT2D eigenvalue weighted by molar-refractivity contribution is 0.737. The van der Waals surface area contributed by atoms with Gasteiger partial charge in [0.1, 0.15) is 5.82 Å². The Morgan fingerprint density at radius 1 is 0.879 bits per heavy atom. The smallest absolute Gasteiger partial charge is 0.134 e. The highest BCUT2D eigenvalue weighted by Gasteiger charge is 2.27. The Hall–Kier alpha value is -4.14. The molecule has 33 heavy (non-hydrogen) atoms. The Balaban J connectivity index is 1.41. The number of aryl methyl sites for hydroxylation is 5. The van der Waals surface area contributed by atoms with Gasteiger partial charge in [-0.1, -0.05) is 0 Å². The minimum absolute atomic E-state index is 0.598. The van der Waals surface area contributed by atoms with Crippen LogP contribution in [0.3, 0.4) is 0 Å². The highest BCUT2D eigenvalue weighted by Crippen LogP contribution is 2.39. The second-order valence-corrected chi connectivity index (χ2v) is 8.45. The van der Waals surface area contributed by atoms with Gasteiger partial charge in [0.25, 0.3) is 0 Å². The first-order chi connectivity index (χ1) is 16.0. The monoisotopic (exact) mass is 437 g/mol. The van der Waals surface area contributed by atoms with Crippen molar-refractivity contribution in [1.82, 2.24) is 44.3 Å². The fraction of sp³-hybridized carbons (Fsp3) is 0.250. The Kier molecular flexibility index (Phi) is 4.42. The minimum Gasteiger partial charge on any atom is -0.276 e. The molecule has 0 radical (unpaired) electrons. The molecule has 5 aromatic heterocycles. The van der Waals surface area contributed by atoms with Gasteiger partial charge in [-0.3, -0.25) is 19.0 Å². The predicted molar refractivity (Wildman–Crippen MR) is 123 cm³/mol. The van der Waals surface area contributed by atoms with Gasteiger partial charge in [0.05, 0.1) is 41.1 Å². The van der Waals surface area contributed by atoms with Crippen LogP contribution < -0.4 is 0 Å². The van der Waals surface area contributed by atoms with Crippen LogP contribution in [0.5, 0.6) is 0 Å². The van der Waals surface area contributed by atoms with Crippen LogP contribution in [-0.2, 0) is 40.4 Å². The summed E-state index contributed by atoms with van der Waals surface area (Å²) in [6, 6.07) is 6.12. The summed E-state index contributed by atoms with van der Waals surface area (Å²) in [6.07, 6.45) is 12.0. The number of fused-ring (bicyclic) bond motifs is 3. The SMILES string of the molecule is Cn1cc(-c2ccc(-c3c4c(nn3C)CCc3cnc(Cc5ccn(C)n5)nc3-4)cn2)cn1. The van der Waals surface area contributed by atoms with E-state index in [2.05, 4.69) is 21.2 Å². The molecule has 164 valence electrons. The summed E-state index contributed by atoms with van der Waals surface area (Å²) in [7, 11) is 5.80. The molecule has 0 fully saturated rings. The molecule has 0 saturated carbocycles. The largest absolute Gasteiger partial charge is 0.276 e. The third-order valence-corrected chi connectivity index (χ3v) is 6.05. The van der Waals surface area contributed by atoms with Crippen molar-refractivity contribution in [2.24, 2.45) is 21.1 Å². The third kappa shape index (κ3) is 3.42. The molecule has 1 aliphatic rings. The number of pyridine rings is 1. The molecule has 0 aromatic carbocycles. The molecular formula is C24H23N9. The van der Waals surface area contributed by atoms with Crippen LogP contribution in [-0.4, -0.2) is 44.3 Å². The van der Waals surface area contributed by atoms with Crippen LogP contribution in [0.15, 0.2) is 49.2 Å². The number of hydrogen-bond acceptors (Lipinski definition) is 6. The molecule has 0 atom stereocenters. The van der Waals surface area contributed by atoms with Crippen LogP contribution in [0, 0.1) is 0 Å². The maximum Gasteiger partial charge on any atom is 0.134 e. The summed E-state index contributed by atoms with van der Waals surface area (Å²) in [6.45, 7) is 0. The molecule has 0 aliphatic heterocycles. The Bertz CT molecular complexity index is 1470. The minimum atomic E-state index is 0.598. The third-order valence-electron chi connectivity index (χ3n) is 6.05. The normalized spacial score (nSPS) is 12.6. The summed E-state index contributed by atoms with van der Waals surface area (Å²) >= 11 is 0. The van der Waals surface area contributed by atoms with E-state index in [1.807, 2.05) is 68.9 Å². The van der Waals surface area contributed by atoms with Crippen molar-refractivity contribution in [3.63, 3.8) is 0 Å². The summed E-state index contributed by atoms with van der Waals surface area (Å²) < 4.78 is 5.52. The Morgan fingerprint density at radius 3 is 2.52 bits per heavy atom. The second kappa shape index (κ2) is 7.47. The van der Waals surface area contributed by atoms with Gasteiger partial charge >= 0.3 is 0 Å². The maximum atomic E-state index is 4.98. The maximum absolute atomic E-state index is 4.98. The number of aromatic nitrogens is 9. The standard InChI is InChI=1S/C24H23N9/c1-31-9-8-18(29-31)10-21-26-11-15-4-7-20-22(23(15)28-21)24(33(3)30-20)16-5-6-19(25-12-16)17-13-27-32(2)14-17/h5-6,8-9,11-14H,4,7,10H2,1-3H3. The van der Waals surface area contributed by atoms with Crippen molar-refractivity contribution in [1.29, 1.82) is 0 Å². The van der Waals surface area contributed by atoms with E-state index in [9.17, 15) is 0 Å². The molecule has 0 spiro atoms. The van der Waals surface area contributed by atoms with Crippen molar-refractivity contribution < 1.29 is 0 Å². The fourth-order valence-corrected chi connectivity index (χ4v) is 4.49. The van der Waals surface area contributed by atoms with E-state index in [0.29, 0.717) is 6.42 Å². The lowest BCUT2D eigenvalue weighted by Gasteiger charge is -2.16. The van der Waals surface area contributed by atoms with Crippen LogP contribution in [0.2, 0.25) is 0 Å². The van der Waals surface area contributed by atoms with Crippen molar-refractivity contribution in [2.75, 3.05) is 0 Å². The van der Waals surface area contributed by atoms with E-state index >= 15 is 0 Å². The number of rotatable bonds is 4. The number of nitrogens with zero attached hydrogens (tertiary/aromatic N) is 9. The van der Waals surface area contributed by atoms with E-state index in [4.69, 9.17) is 15.1 Å². The van der Waals surface area contributed by atoms with Crippen molar-refractivity contribution in [2.45, 2.75) is 19.3 Å². The van der Waals surface area contributed by atoms with Crippen LogP contribution in [0.25, 0.3) is 33.8 Å². The molecule has 0 saturated heterocycles. The van der Waals surface area contributed by atoms with E-state index in [0.717, 1.165) is 69.4 Å². The first-order valence-electron chi connectivity index (χ1n) is 10.9. The first-order valence-corrected chi connectivity index (χ1v) is 10.9. The lowest BCUT2D eigenvalue weighted by atomic mass is 9.91. The quantitative estimate of drug-likeness (QED) is 0.429. The van der Waals surface area contributed by atoms with Crippen molar-refractivity contribution >= 4 is 0 Å². The molecule has 0 amide bonds. The highest BCUT2D eigenvalue weighted by atomic mass is 15.3. The molecular weight excluding hydrogens is 414 g/mol. The van der Waals surface area contributed by atoms with Gasteiger partial charge in [0.2, 0.25) is 0 Å². The zero-order valence-electron chi connectivity index (χ0n) is 18.8. The van der Waals surface area contributed by atoms with Gasteiger partial charge in [-0.25, -0.2) is 9.97 Å². The van der Waals surface area contributed by atoms with Crippen LogP contribution in [0.4, 0.5) is 0 Å². The van der Waals surface area contributed by atoms with E-state index in [-0.39, 0.29) is 0 Å². The van der Waals surface area contributed by atoms with Crippen molar-refractivity contribution in [3.8, 4) is 33.8 Å². The average Bonchev–Trinajstić information content (AvgIpc) is 3.52. The van der Waals surface area contributed by atoms with E-state index < -0.39 is 0 Å². The van der Waals surface area contributed by atoms with Gasteiger partial charge < -0.3 is 0 Å². The Labute approximate surface area is 190 Å². The zero-order chi connectivity index (χ0) is 22.5.